The van der Waals surface area contributed by atoms with Gasteiger partial charge >= 0.3 is 0 Å². The van der Waals surface area contributed by atoms with E-state index in [9.17, 15) is 4.79 Å². The van der Waals surface area contributed by atoms with Crippen LogP contribution >= 0.6 is 23.2 Å². The molecule has 1 N–H and O–H groups in total. The number of rotatable bonds is 8. The van der Waals surface area contributed by atoms with Gasteiger partial charge in [0.1, 0.15) is 17.1 Å². The van der Waals surface area contributed by atoms with Crippen molar-refractivity contribution in [3.05, 3.63) is 38.7 Å². The molecule has 1 saturated heterocycles. The SMILES string of the molecule is CNc1ncc2cc(-c3c(Cl)c(OC)cc(OC)c3Cl)c(=O)n(CCOC3CCCN(C)C3)c2n1. The van der Waals surface area contributed by atoms with Crippen LogP contribution in [0.15, 0.2) is 23.1 Å². The molecule has 1 aromatic carbocycles. The summed E-state index contributed by atoms with van der Waals surface area (Å²) in [5, 5.41) is 4.02. The number of likely N-dealkylation sites (tertiary alicyclic amines) is 1. The molecule has 0 spiro atoms. The van der Waals surface area contributed by atoms with Crippen LogP contribution in [0.1, 0.15) is 12.8 Å². The van der Waals surface area contributed by atoms with Crippen molar-refractivity contribution in [3.8, 4) is 22.6 Å². The molecule has 35 heavy (non-hydrogen) atoms. The highest BCUT2D eigenvalue weighted by Gasteiger charge is 2.24. The summed E-state index contributed by atoms with van der Waals surface area (Å²) in [5.74, 6) is 1.10. The number of hydrogen-bond donors (Lipinski definition) is 1. The van der Waals surface area contributed by atoms with Gasteiger partial charge in [-0.25, -0.2) is 4.98 Å². The molecule has 1 fully saturated rings. The summed E-state index contributed by atoms with van der Waals surface area (Å²) in [6.07, 6.45) is 3.88. The van der Waals surface area contributed by atoms with E-state index in [2.05, 4.69) is 27.2 Å². The number of benzene rings is 1. The summed E-state index contributed by atoms with van der Waals surface area (Å²) < 4.78 is 18.5. The Balaban J connectivity index is 1.82. The van der Waals surface area contributed by atoms with E-state index in [4.69, 9.17) is 37.4 Å². The molecule has 3 heterocycles. The molecule has 2 aromatic heterocycles. The maximum absolute atomic E-state index is 13.8. The van der Waals surface area contributed by atoms with Crippen LogP contribution < -0.4 is 20.3 Å². The zero-order valence-corrected chi connectivity index (χ0v) is 21.7. The minimum Gasteiger partial charge on any atom is -0.495 e. The summed E-state index contributed by atoms with van der Waals surface area (Å²) in [5.41, 5.74) is 0.812. The first-order valence-corrected chi connectivity index (χ1v) is 12.1. The lowest BCUT2D eigenvalue weighted by molar-refractivity contribution is 0.00311. The average molecular weight is 522 g/mol. The van der Waals surface area contributed by atoms with Crippen LogP contribution in [-0.4, -0.2) is 73.6 Å². The molecule has 4 rings (SSSR count). The van der Waals surface area contributed by atoms with Gasteiger partial charge in [0.05, 0.1) is 49.1 Å². The van der Waals surface area contributed by atoms with Gasteiger partial charge in [-0.1, -0.05) is 23.2 Å². The fraction of sp³-hybridized carbons (Fsp3) is 0.458. The molecule has 9 nitrogen and oxygen atoms in total. The number of piperidine rings is 1. The lowest BCUT2D eigenvalue weighted by atomic mass is 10.0. The Bertz CT molecular complexity index is 1250. The molecule has 11 heteroatoms. The molecular formula is C24H29Cl2N5O4. The number of aromatic nitrogens is 3. The highest BCUT2D eigenvalue weighted by atomic mass is 35.5. The lowest BCUT2D eigenvalue weighted by Crippen LogP contribution is -2.37. The topological polar surface area (TPSA) is 90.7 Å². The van der Waals surface area contributed by atoms with Gasteiger partial charge < -0.3 is 24.4 Å². The van der Waals surface area contributed by atoms with E-state index in [1.165, 1.54) is 14.2 Å². The van der Waals surface area contributed by atoms with Crippen LogP contribution in [0.25, 0.3) is 22.2 Å². The first kappa shape index (κ1) is 25.5. The van der Waals surface area contributed by atoms with Crippen LogP contribution in [0.4, 0.5) is 5.95 Å². The number of nitrogens with one attached hydrogen (secondary N) is 1. The van der Waals surface area contributed by atoms with Crippen LogP contribution in [0, 0.1) is 0 Å². The van der Waals surface area contributed by atoms with Crippen molar-refractivity contribution >= 4 is 40.2 Å². The third-order valence-corrected chi connectivity index (χ3v) is 6.89. The molecule has 1 aliphatic rings. The van der Waals surface area contributed by atoms with E-state index in [-0.39, 0.29) is 21.7 Å². The number of hydrogen-bond acceptors (Lipinski definition) is 8. The number of halogens is 2. The number of methoxy groups -OCH3 is 2. The zero-order chi connectivity index (χ0) is 25.1. The van der Waals surface area contributed by atoms with Crippen molar-refractivity contribution in [2.24, 2.45) is 0 Å². The fourth-order valence-electron chi connectivity index (χ4n) is 4.35. The molecule has 0 aliphatic carbocycles. The third kappa shape index (κ3) is 5.18. The van der Waals surface area contributed by atoms with E-state index < -0.39 is 0 Å². The van der Waals surface area contributed by atoms with Gasteiger partial charge in [0.2, 0.25) is 5.95 Å². The van der Waals surface area contributed by atoms with Gasteiger partial charge in [-0.15, -0.1) is 0 Å². The Morgan fingerprint density at radius 1 is 1.17 bits per heavy atom. The second kappa shape index (κ2) is 11.0. The van der Waals surface area contributed by atoms with Gasteiger partial charge in [0.15, 0.2) is 0 Å². The van der Waals surface area contributed by atoms with Gasteiger partial charge in [0, 0.05) is 36.8 Å². The quantitative estimate of drug-likeness (QED) is 0.476. The second-order valence-corrected chi connectivity index (χ2v) is 9.17. The summed E-state index contributed by atoms with van der Waals surface area (Å²) in [6, 6.07) is 3.28. The van der Waals surface area contributed by atoms with E-state index in [0.29, 0.717) is 52.8 Å². The minimum atomic E-state index is -0.304. The number of ether oxygens (including phenoxy) is 3. The molecular weight excluding hydrogens is 493 g/mol. The van der Waals surface area contributed by atoms with Crippen molar-refractivity contribution in [1.29, 1.82) is 0 Å². The molecule has 1 atom stereocenters. The van der Waals surface area contributed by atoms with Crippen molar-refractivity contribution in [2.45, 2.75) is 25.5 Å². The first-order valence-electron chi connectivity index (χ1n) is 11.4. The summed E-state index contributed by atoms with van der Waals surface area (Å²) in [7, 11) is 6.79. The monoisotopic (exact) mass is 521 g/mol. The molecule has 0 radical (unpaired) electrons. The Hall–Kier alpha value is -2.59. The molecule has 0 saturated carbocycles. The summed E-state index contributed by atoms with van der Waals surface area (Å²) >= 11 is 13.3. The van der Waals surface area contributed by atoms with Crippen LogP contribution in [0.2, 0.25) is 10.0 Å². The highest BCUT2D eigenvalue weighted by molar-refractivity contribution is 6.41. The van der Waals surface area contributed by atoms with Crippen LogP contribution in [-0.2, 0) is 11.3 Å². The van der Waals surface area contributed by atoms with E-state index in [1.54, 1.807) is 29.9 Å². The van der Waals surface area contributed by atoms with Crippen molar-refractivity contribution in [1.82, 2.24) is 19.4 Å². The lowest BCUT2D eigenvalue weighted by Gasteiger charge is -2.29. The standard InChI is InChI=1S/C24H29Cl2N5O4/c1-27-24-28-12-14-10-16(19-20(25)17(33-3)11-18(34-4)21(19)26)23(32)31(22(14)29-24)8-9-35-15-6-5-7-30(2)13-15/h10-12,15H,5-9,13H2,1-4H3,(H,27,28,29). The predicted molar refractivity (Wildman–Crippen MR) is 138 cm³/mol. The highest BCUT2D eigenvalue weighted by Crippen LogP contribution is 2.45. The average Bonchev–Trinajstić information content (AvgIpc) is 2.86. The molecule has 1 aliphatic heterocycles. The Morgan fingerprint density at radius 3 is 2.51 bits per heavy atom. The number of likely N-dealkylation sites (N-methyl/N-ethyl adjacent to an activating group) is 1. The number of pyridine rings is 1. The molecule has 3 aromatic rings. The Kier molecular flexibility index (Phi) is 8.01. The van der Waals surface area contributed by atoms with Gasteiger partial charge in [-0.2, -0.15) is 4.98 Å². The van der Waals surface area contributed by atoms with E-state index in [1.807, 2.05) is 0 Å². The summed E-state index contributed by atoms with van der Waals surface area (Å²) in [4.78, 5) is 24.9. The van der Waals surface area contributed by atoms with Crippen LogP contribution in [0.3, 0.4) is 0 Å². The fourth-order valence-corrected chi connectivity index (χ4v) is 5.06. The maximum Gasteiger partial charge on any atom is 0.260 e. The van der Waals surface area contributed by atoms with E-state index >= 15 is 0 Å². The maximum atomic E-state index is 13.8. The third-order valence-electron chi connectivity index (χ3n) is 6.14. The van der Waals surface area contributed by atoms with Gasteiger partial charge in [-0.3, -0.25) is 9.36 Å². The Morgan fingerprint density at radius 2 is 1.89 bits per heavy atom. The van der Waals surface area contributed by atoms with Gasteiger partial charge in [0.25, 0.3) is 5.56 Å². The summed E-state index contributed by atoms with van der Waals surface area (Å²) in [6.45, 7) is 2.61. The first-order chi connectivity index (χ1) is 16.9. The predicted octanol–water partition coefficient (Wildman–Crippen LogP) is 3.94. The number of nitrogens with zero attached hydrogens (tertiary/aromatic N) is 4. The van der Waals surface area contributed by atoms with Crippen LogP contribution in [0.5, 0.6) is 11.5 Å². The zero-order valence-electron chi connectivity index (χ0n) is 20.2. The largest absolute Gasteiger partial charge is 0.495 e. The molecule has 188 valence electrons. The van der Waals surface area contributed by atoms with E-state index in [0.717, 1.165) is 25.9 Å². The normalized spacial score (nSPS) is 16.5. The Labute approximate surface area is 213 Å². The van der Waals surface area contributed by atoms with Gasteiger partial charge in [-0.05, 0) is 32.5 Å². The second-order valence-electron chi connectivity index (χ2n) is 8.42. The molecule has 1 unspecified atom stereocenters. The number of fused-ring (bicyclic) bond motifs is 1. The van der Waals surface area contributed by atoms with Crippen molar-refractivity contribution < 1.29 is 14.2 Å². The number of anilines is 1. The molecule has 0 bridgehead atoms. The smallest absolute Gasteiger partial charge is 0.260 e. The molecule has 0 amide bonds. The van der Waals surface area contributed by atoms with Crippen molar-refractivity contribution in [3.63, 3.8) is 0 Å². The van der Waals surface area contributed by atoms with Crippen molar-refractivity contribution in [2.75, 3.05) is 53.3 Å². The minimum absolute atomic E-state index is 0.132.